The zero-order valence-electron chi connectivity index (χ0n) is 10.3. The topological polar surface area (TPSA) is 43.8 Å². The van der Waals surface area contributed by atoms with E-state index in [-0.39, 0.29) is 6.67 Å². The van der Waals surface area contributed by atoms with Gasteiger partial charge in [0.2, 0.25) is 0 Å². The molecule has 1 aliphatic rings. The zero-order chi connectivity index (χ0) is 14.3. The summed E-state index contributed by atoms with van der Waals surface area (Å²) in [5.41, 5.74) is 1.63. The van der Waals surface area contributed by atoms with Gasteiger partial charge in [-0.15, -0.1) is 0 Å². The molecule has 1 heterocycles. The van der Waals surface area contributed by atoms with E-state index in [9.17, 15) is 10.0 Å². The smallest absolute Gasteiger partial charge is 0.281 e. The molecular formula is C14H10Cl2N2O2. The molecule has 0 saturated heterocycles. The minimum Gasteiger partial charge on any atom is -0.317 e. The third-order valence-electron chi connectivity index (χ3n) is 3.14. The van der Waals surface area contributed by atoms with Crippen molar-refractivity contribution in [2.45, 2.75) is 0 Å². The lowest BCUT2D eigenvalue weighted by molar-refractivity contribution is -0.0583. The molecule has 0 saturated carbocycles. The van der Waals surface area contributed by atoms with Gasteiger partial charge in [-0.05, 0) is 24.3 Å². The molecule has 3 rings (SSSR count). The summed E-state index contributed by atoms with van der Waals surface area (Å²) in [6.45, 7) is -0.0285. The Morgan fingerprint density at radius 3 is 2.35 bits per heavy atom. The highest BCUT2D eigenvalue weighted by Crippen LogP contribution is 2.40. The molecule has 1 aliphatic heterocycles. The fourth-order valence-corrected chi connectivity index (χ4v) is 2.84. The number of hydrogen-bond acceptors (Lipinski definition) is 3. The number of anilines is 2. The molecule has 6 heteroatoms. The molecule has 2 aromatic carbocycles. The predicted molar refractivity (Wildman–Crippen MR) is 77.9 cm³/mol. The summed E-state index contributed by atoms with van der Waals surface area (Å²) in [6.07, 6.45) is 0. The number of rotatable bonds is 1. The molecule has 0 aromatic heterocycles. The molecule has 1 N–H and O–H groups in total. The summed E-state index contributed by atoms with van der Waals surface area (Å²) in [5.74, 6) is -0.444. The first kappa shape index (κ1) is 13.2. The average Bonchev–Trinajstić information content (AvgIpc) is 2.44. The monoisotopic (exact) mass is 308 g/mol. The van der Waals surface area contributed by atoms with Crippen LogP contribution in [0.1, 0.15) is 10.4 Å². The molecule has 0 unspecified atom stereocenters. The summed E-state index contributed by atoms with van der Waals surface area (Å²) in [6, 6.07) is 12.2. The van der Waals surface area contributed by atoms with Crippen LogP contribution in [-0.2, 0) is 0 Å². The van der Waals surface area contributed by atoms with Crippen LogP contribution >= 0.6 is 23.2 Å². The van der Waals surface area contributed by atoms with E-state index in [1.807, 2.05) is 6.07 Å². The van der Waals surface area contributed by atoms with Gasteiger partial charge in [-0.2, -0.15) is 5.06 Å². The maximum absolute atomic E-state index is 11.9. The number of fused-ring (bicyclic) bond motifs is 1. The summed E-state index contributed by atoms with van der Waals surface area (Å²) in [5, 5.41) is 11.3. The van der Waals surface area contributed by atoms with Gasteiger partial charge < -0.3 is 4.90 Å². The Labute approximate surface area is 125 Å². The summed E-state index contributed by atoms with van der Waals surface area (Å²) < 4.78 is 0. The van der Waals surface area contributed by atoms with Crippen LogP contribution in [0.4, 0.5) is 11.4 Å². The Morgan fingerprint density at radius 2 is 1.65 bits per heavy atom. The molecular weight excluding hydrogens is 299 g/mol. The minimum atomic E-state index is -0.444. The molecule has 0 fully saturated rings. The van der Waals surface area contributed by atoms with Crippen molar-refractivity contribution in [3.05, 3.63) is 58.1 Å². The van der Waals surface area contributed by atoms with E-state index in [1.54, 1.807) is 41.3 Å². The lowest BCUT2D eigenvalue weighted by Gasteiger charge is -2.35. The lowest BCUT2D eigenvalue weighted by atomic mass is 10.1. The number of carbonyl (C=O) groups excluding carboxylic acids is 1. The largest absolute Gasteiger partial charge is 0.317 e. The van der Waals surface area contributed by atoms with Gasteiger partial charge in [-0.1, -0.05) is 41.4 Å². The van der Waals surface area contributed by atoms with E-state index in [1.165, 1.54) is 0 Å². The number of hydroxylamine groups is 2. The van der Waals surface area contributed by atoms with Gasteiger partial charge >= 0.3 is 0 Å². The quantitative estimate of drug-likeness (QED) is 0.812. The number of carbonyl (C=O) groups is 1. The van der Waals surface area contributed by atoms with Crippen LogP contribution in [0.5, 0.6) is 0 Å². The maximum Gasteiger partial charge on any atom is 0.281 e. The predicted octanol–water partition coefficient (Wildman–Crippen LogP) is 3.93. The number of benzene rings is 2. The minimum absolute atomic E-state index is 0.0285. The molecule has 0 bridgehead atoms. The maximum atomic E-state index is 11.9. The van der Waals surface area contributed by atoms with Crippen LogP contribution in [0.3, 0.4) is 0 Å². The normalized spacial score (nSPS) is 14.4. The second kappa shape index (κ2) is 4.98. The number of hydrogen-bond donors (Lipinski definition) is 1. The van der Waals surface area contributed by atoms with Crippen LogP contribution in [0.2, 0.25) is 10.0 Å². The standard InChI is InChI=1S/C14H10Cl2N2O2/c15-10-5-3-6-11(16)13(10)17-8-18(20)14(19)9-4-1-2-7-12(9)17/h1-7,20H,8H2. The lowest BCUT2D eigenvalue weighted by Crippen LogP contribution is -2.42. The summed E-state index contributed by atoms with van der Waals surface area (Å²) in [7, 11) is 0. The van der Waals surface area contributed by atoms with Crippen molar-refractivity contribution in [3.63, 3.8) is 0 Å². The van der Waals surface area contributed by atoms with Gasteiger partial charge in [0.1, 0.15) is 6.67 Å². The van der Waals surface area contributed by atoms with Gasteiger partial charge in [0.25, 0.3) is 5.91 Å². The number of para-hydroxylation sites is 2. The van der Waals surface area contributed by atoms with Crippen LogP contribution in [0.25, 0.3) is 0 Å². The van der Waals surface area contributed by atoms with Crippen LogP contribution in [0.15, 0.2) is 42.5 Å². The summed E-state index contributed by atoms with van der Waals surface area (Å²) in [4.78, 5) is 13.7. The van der Waals surface area contributed by atoms with Crippen molar-refractivity contribution in [3.8, 4) is 0 Å². The van der Waals surface area contributed by atoms with Crippen molar-refractivity contribution in [1.29, 1.82) is 0 Å². The molecule has 1 amide bonds. The first-order valence-electron chi connectivity index (χ1n) is 5.91. The van der Waals surface area contributed by atoms with Gasteiger partial charge in [0.15, 0.2) is 0 Å². The highest BCUT2D eigenvalue weighted by molar-refractivity contribution is 6.39. The number of nitrogens with zero attached hydrogens (tertiary/aromatic N) is 2. The third-order valence-corrected chi connectivity index (χ3v) is 3.75. The SMILES string of the molecule is O=C1c2ccccc2N(c2c(Cl)cccc2Cl)CN1O. The number of amides is 1. The number of halogens is 2. The second-order valence-electron chi connectivity index (χ2n) is 4.36. The molecule has 0 radical (unpaired) electrons. The van der Waals surface area contributed by atoms with Crippen LogP contribution in [0, 0.1) is 0 Å². The fraction of sp³-hybridized carbons (Fsp3) is 0.0714. The van der Waals surface area contributed by atoms with E-state index in [2.05, 4.69) is 0 Å². The highest BCUT2D eigenvalue weighted by Gasteiger charge is 2.30. The molecule has 0 aliphatic carbocycles. The molecule has 0 spiro atoms. The Bertz CT molecular complexity index is 670. The van der Waals surface area contributed by atoms with Crippen molar-refractivity contribution < 1.29 is 10.0 Å². The van der Waals surface area contributed by atoms with Crippen LogP contribution < -0.4 is 4.90 Å². The first-order chi connectivity index (χ1) is 9.59. The third kappa shape index (κ3) is 2.02. The van der Waals surface area contributed by atoms with Crippen molar-refractivity contribution in [2.24, 2.45) is 0 Å². The Morgan fingerprint density at radius 1 is 1.00 bits per heavy atom. The fourth-order valence-electron chi connectivity index (χ4n) is 2.24. The van der Waals surface area contributed by atoms with Crippen LogP contribution in [-0.4, -0.2) is 22.8 Å². The van der Waals surface area contributed by atoms with E-state index < -0.39 is 5.91 Å². The van der Waals surface area contributed by atoms with Gasteiger partial charge in [0, 0.05) is 0 Å². The van der Waals surface area contributed by atoms with Gasteiger partial charge in [0.05, 0.1) is 27.0 Å². The van der Waals surface area contributed by atoms with Gasteiger partial charge in [-0.3, -0.25) is 10.0 Å². The molecule has 4 nitrogen and oxygen atoms in total. The van der Waals surface area contributed by atoms with Crippen molar-refractivity contribution >= 4 is 40.5 Å². The Balaban J connectivity index is 2.20. The van der Waals surface area contributed by atoms with E-state index in [0.717, 1.165) is 0 Å². The zero-order valence-corrected chi connectivity index (χ0v) is 11.8. The van der Waals surface area contributed by atoms with E-state index in [4.69, 9.17) is 23.2 Å². The Hall–Kier alpha value is -1.75. The van der Waals surface area contributed by atoms with Gasteiger partial charge in [-0.25, -0.2) is 0 Å². The molecule has 0 atom stereocenters. The molecule has 20 heavy (non-hydrogen) atoms. The van der Waals surface area contributed by atoms with Crippen molar-refractivity contribution in [1.82, 2.24) is 5.06 Å². The van der Waals surface area contributed by atoms with Crippen molar-refractivity contribution in [2.75, 3.05) is 11.6 Å². The Kier molecular flexibility index (Phi) is 3.30. The van der Waals surface area contributed by atoms with E-state index >= 15 is 0 Å². The first-order valence-corrected chi connectivity index (χ1v) is 6.66. The molecule has 102 valence electrons. The average molecular weight is 309 g/mol. The van der Waals surface area contributed by atoms with E-state index in [0.29, 0.717) is 32.0 Å². The highest BCUT2D eigenvalue weighted by atomic mass is 35.5. The molecule has 2 aromatic rings. The second-order valence-corrected chi connectivity index (χ2v) is 5.18. The summed E-state index contributed by atoms with van der Waals surface area (Å²) >= 11 is 12.4.